The number of esters is 1. The van der Waals surface area contributed by atoms with E-state index in [2.05, 4.69) is 5.32 Å². The first kappa shape index (κ1) is 14.9. The van der Waals surface area contributed by atoms with Crippen LogP contribution in [0.25, 0.3) is 6.08 Å². The Morgan fingerprint density at radius 3 is 2.38 bits per heavy atom. The smallest absolute Gasteiger partial charge is 0.335 e. The van der Waals surface area contributed by atoms with Gasteiger partial charge < -0.3 is 10.1 Å². The lowest BCUT2D eigenvalue weighted by Crippen LogP contribution is -2.14. The quantitative estimate of drug-likeness (QED) is 0.671. The lowest BCUT2D eigenvalue weighted by Gasteiger charge is -2.09. The first-order valence-corrected chi connectivity index (χ1v) is 6.83. The molecule has 0 saturated carbocycles. The van der Waals surface area contributed by atoms with Crippen LogP contribution in [0.1, 0.15) is 11.1 Å². The number of ether oxygens (including phenoxy) is 1. The summed E-state index contributed by atoms with van der Waals surface area (Å²) in [5, 5.41) is 3.24. The molecule has 0 aliphatic heterocycles. The van der Waals surface area contributed by atoms with E-state index in [1.165, 1.54) is 12.7 Å². The fourth-order valence-corrected chi connectivity index (χ4v) is 1.93. The number of methoxy groups -OCH3 is 1. The molecular weight excluding hydrogens is 262 g/mol. The van der Waals surface area contributed by atoms with Gasteiger partial charge in [0.05, 0.1) is 12.7 Å². The van der Waals surface area contributed by atoms with E-state index in [1.807, 2.05) is 67.6 Å². The third-order valence-electron chi connectivity index (χ3n) is 3.12. The van der Waals surface area contributed by atoms with E-state index < -0.39 is 0 Å². The predicted molar refractivity (Wildman–Crippen MR) is 86.1 cm³/mol. The van der Waals surface area contributed by atoms with Gasteiger partial charge in [0.2, 0.25) is 0 Å². The number of anilines is 1. The SMILES string of the molecule is COC(=O)/C(=C/c1ccccc1)CNc1ccc(C)cc1. The molecule has 0 heterocycles. The van der Waals surface area contributed by atoms with Crippen LogP contribution in [0.5, 0.6) is 0 Å². The van der Waals surface area contributed by atoms with Crippen molar-refractivity contribution < 1.29 is 9.53 Å². The van der Waals surface area contributed by atoms with Crippen molar-refractivity contribution in [1.29, 1.82) is 0 Å². The van der Waals surface area contributed by atoms with Crippen LogP contribution >= 0.6 is 0 Å². The number of carbonyl (C=O) groups excluding carboxylic acids is 1. The lowest BCUT2D eigenvalue weighted by atomic mass is 10.1. The zero-order valence-corrected chi connectivity index (χ0v) is 12.3. The van der Waals surface area contributed by atoms with Gasteiger partial charge in [-0.05, 0) is 30.7 Å². The van der Waals surface area contributed by atoms with Crippen LogP contribution in [0, 0.1) is 6.92 Å². The van der Waals surface area contributed by atoms with Crippen molar-refractivity contribution in [2.45, 2.75) is 6.92 Å². The van der Waals surface area contributed by atoms with Crippen LogP contribution < -0.4 is 5.32 Å². The minimum atomic E-state index is -0.321. The molecule has 0 atom stereocenters. The summed E-state index contributed by atoms with van der Waals surface area (Å²) in [6.07, 6.45) is 1.84. The number of benzene rings is 2. The molecule has 108 valence electrons. The average molecular weight is 281 g/mol. The number of hydrogen-bond acceptors (Lipinski definition) is 3. The van der Waals surface area contributed by atoms with Crippen molar-refractivity contribution in [2.24, 2.45) is 0 Å². The van der Waals surface area contributed by atoms with Gasteiger partial charge in [-0.2, -0.15) is 0 Å². The molecule has 0 unspecified atom stereocenters. The van der Waals surface area contributed by atoms with Gasteiger partial charge in [-0.3, -0.25) is 0 Å². The van der Waals surface area contributed by atoms with Crippen LogP contribution in [0.15, 0.2) is 60.2 Å². The Morgan fingerprint density at radius 2 is 1.76 bits per heavy atom. The summed E-state index contributed by atoms with van der Waals surface area (Å²) in [5.41, 5.74) is 3.74. The normalized spacial score (nSPS) is 11.0. The third-order valence-corrected chi connectivity index (χ3v) is 3.12. The highest BCUT2D eigenvalue weighted by molar-refractivity contribution is 5.94. The van der Waals surface area contributed by atoms with E-state index in [1.54, 1.807) is 0 Å². The highest BCUT2D eigenvalue weighted by atomic mass is 16.5. The Bertz CT molecular complexity index is 615. The summed E-state index contributed by atoms with van der Waals surface area (Å²) in [6.45, 7) is 2.46. The maximum atomic E-state index is 11.9. The minimum absolute atomic E-state index is 0.321. The molecule has 2 aromatic carbocycles. The highest BCUT2D eigenvalue weighted by Crippen LogP contribution is 2.12. The van der Waals surface area contributed by atoms with Gasteiger partial charge in [-0.1, -0.05) is 48.0 Å². The summed E-state index contributed by atoms with van der Waals surface area (Å²) >= 11 is 0. The van der Waals surface area contributed by atoms with Crippen LogP contribution in [-0.4, -0.2) is 19.6 Å². The van der Waals surface area contributed by atoms with Crippen molar-refractivity contribution in [3.8, 4) is 0 Å². The Balaban J connectivity index is 2.12. The van der Waals surface area contributed by atoms with E-state index in [-0.39, 0.29) is 5.97 Å². The summed E-state index contributed by atoms with van der Waals surface area (Å²) in [7, 11) is 1.40. The first-order chi connectivity index (χ1) is 10.2. The van der Waals surface area contributed by atoms with Crippen LogP contribution in [0.4, 0.5) is 5.69 Å². The predicted octanol–water partition coefficient (Wildman–Crippen LogP) is 3.66. The van der Waals surface area contributed by atoms with Gasteiger partial charge >= 0.3 is 5.97 Å². The third kappa shape index (κ3) is 4.49. The molecule has 2 rings (SSSR count). The molecule has 0 saturated heterocycles. The van der Waals surface area contributed by atoms with Crippen LogP contribution in [0.3, 0.4) is 0 Å². The second kappa shape index (κ2) is 7.29. The van der Waals surface area contributed by atoms with Crippen LogP contribution in [0.2, 0.25) is 0 Å². The molecule has 2 aromatic rings. The lowest BCUT2D eigenvalue weighted by molar-refractivity contribution is -0.135. The summed E-state index contributed by atoms with van der Waals surface area (Å²) < 4.78 is 4.84. The largest absolute Gasteiger partial charge is 0.466 e. The van der Waals surface area contributed by atoms with Crippen molar-refractivity contribution in [1.82, 2.24) is 0 Å². The Labute approximate surface area is 125 Å². The molecule has 0 radical (unpaired) electrons. The average Bonchev–Trinajstić information content (AvgIpc) is 2.53. The first-order valence-electron chi connectivity index (χ1n) is 6.83. The molecule has 0 amide bonds. The molecule has 0 fully saturated rings. The molecule has 0 bridgehead atoms. The Morgan fingerprint density at radius 1 is 1.10 bits per heavy atom. The van der Waals surface area contributed by atoms with Gasteiger partial charge in [-0.15, -0.1) is 0 Å². The molecule has 21 heavy (non-hydrogen) atoms. The van der Waals surface area contributed by atoms with E-state index in [9.17, 15) is 4.79 Å². The van der Waals surface area contributed by atoms with Gasteiger partial charge in [0.25, 0.3) is 0 Å². The van der Waals surface area contributed by atoms with Gasteiger partial charge in [-0.25, -0.2) is 4.79 Å². The molecule has 0 aromatic heterocycles. The standard InChI is InChI=1S/C18H19NO2/c1-14-8-10-17(11-9-14)19-13-16(18(20)21-2)12-15-6-4-3-5-7-15/h3-12,19H,13H2,1-2H3/b16-12+. The van der Waals surface area contributed by atoms with E-state index >= 15 is 0 Å². The maximum Gasteiger partial charge on any atom is 0.335 e. The van der Waals surface area contributed by atoms with Gasteiger partial charge in [0.15, 0.2) is 0 Å². The van der Waals surface area contributed by atoms with E-state index in [4.69, 9.17) is 4.74 Å². The summed E-state index contributed by atoms with van der Waals surface area (Å²) in [6, 6.07) is 17.8. The van der Waals surface area contributed by atoms with E-state index in [0.29, 0.717) is 12.1 Å². The Kier molecular flexibility index (Phi) is 5.16. The van der Waals surface area contributed by atoms with Gasteiger partial charge in [0, 0.05) is 12.2 Å². The fraction of sp³-hybridized carbons (Fsp3) is 0.167. The van der Waals surface area contributed by atoms with Crippen molar-refractivity contribution in [2.75, 3.05) is 19.0 Å². The summed E-state index contributed by atoms with van der Waals surface area (Å²) in [4.78, 5) is 11.9. The van der Waals surface area contributed by atoms with Crippen LogP contribution in [-0.2, 0) is 9.53 Å². The number of aryl methyl sites for hydroxylation is 1. The minimum Gasteiger partial charge on any atom is -0.466 e. The topological polar surface area (TPSA) is 38.3 Å². The van der Waals surface area contributed by atoms with Crippen molar-refractivity contribution in [3.63, 3.8) is 0 Å². The molecule has 3 heteroatoms. The number of rotatable bonds is 5. The fourth-order valence-electron chi connectivity index (χ4n) is 1.93. The Hall–Kier alpha value is -2.55. The zero-order chi connectivity index (χ0) is 15.1. The number of hydrogen-bond donors (Lipinski definition) is 1. The molecule has 0 aliphatic carbocycles. The molecule has 0 aliphatic rings. The molecule has 3 nitrogen and oxygen atoms in total. The second-order valence-electron chi connectivity index (χ2n) is 4.79. The number of nitrogens with one attached hydrogen (secondary N) is 1. The summed E-state index contributed by atoms with van der Waals surface area (Å²) in [5.74, 6) is -0.321. The zero-order valence-electron chi connectivity index (χ0n) is 12.3. The number of carbonyl (C=O) groups is 1. The van der Waals surface area contributed by atoms with Crippen molar-refractivity contribution in [3.05, 3.63) is 71.3 Å². The molecular formula is C18H19NO2. The maximum absolute atomic E-state index is 11.9. The monoisotopic (exact) mass is 281 g/mol. The van der Waals surface area contributed by atoms with Gasteiger partial charge in [0.1, 0.15) is 0 Å². The second-order valence-corrected chi connectivity index (χ2v) is 4.79. The molecule has 0 spiro atoms. The molecule has 1 N–H and O–H groups in total. The van der Waals surface area contributed by atoms with Crippen molar-refractivity contribution >= 4 is 17.7 Å². The van der Waals surface area contributed by atoms with E-state index in [0.717, 1.165) is 11.3 Å². The highest BCUT2D eigenvalue weighted by Gasteiger charge is 2.09.